The molecule has 1 heterocycles. The minimum absolute atomic E-state index is 0.337. The van der Waals surface area contributed by atoms with E-state index in [1.807, 2.05) is 4.90 Å². The van der Waals surface area contributed by atoms with E-state index in [2.05, 4.69) is 10.6 Å². The van der Waals surface area contributed by atoms with Gasteiger partial charge in [0.05, 0.1) is 18.4 Å². The normalized spacial score (nSPS) is 14.3. The first-order valence-electron chi connectivity index (χ1n) is 7.81. The number of hydrogen-bond acceptors (Lipinski definition) is 3. The average molecular weight is 328 g/mol. The first kappa shape index (κ1) is 16.3. The summed E-state index contributed by atoms with van der Waals surface area (Å²) in [5.74, 6) is -0.213. The molecule has 0 atom stereocenters. The van der Waals surface area contributed by atoms with Gasteiger partial charge in [-0.15, -0.1) is 0 Å². The van der Waals surface area contributed by atoms with Gasteiger partial charge in [0.15, 0.2) is 0 Å². The second-order valence-electron chi connectivity index (χ2n) is 5.48. The van der Waals surface area contributed by atoms with Crippen LogP contribution in [0.4, 0.5) is 15.8 Å². The van der Waals surface area contributed by atoms with Crippen molar-refractivity contribution in [1.82, 2.24) is 5.32 Å². The molecule has 24 heavy (non-hydrogen) atoms. The molecule has 0 saturated carbocycles. The van der Waals surface area contributed by atoms with E-state index in [9.17, 15) is 9.18 Å². The molecule has 0 aliphatic carbocycles. The van der Waals surface area contributed by atoms with Gasteiger partial charge in [-0.2, -0.15) is 0 Å². The molecule has 1 saturated heterocycles. The topological polar surface area (TPSA) is 55.7 Å². The molecular formula is C18H19FN3O2. The van der Waals surface area contributed by atoms with Gasteiger partial charge in [-0.1, -0.05) is 12.1 Å². The summed E-state index contributed by atoms with van der Waals surface area (Å²) < 4.78 is 19.6. The number of carbonyl (C=O) groups excluding carboxylic acids is 1. The number of para-hydroxylation sites is 1. The lowest BCUT2D eigenvalue weighted by atomic mass is 10.1. The Kier molecular flexibility index (Phi) is 4.96. The molecule has 1 aliphatic heterocycles. The molecule has 1 fully saturated rings. The third-order valence-corrected chi connectivity index (χ3v) is 3.95. The summed E-state index contributed by atoms with van der Waals surface area (Å²) in [7, 11) is 1.51. The zero-order valence-corrected chi connectivity index (χ0v) is 13.5. The Hall–Kier alpha value is -2.60. The molecule has 1 N–H and O–H groups in total. The van der Waals surface area contributed by atoms with Crippen molar-refractivity contribution in [2.75, 3.05) is 43.5 Å². The van der Waals surface area contributed by atoms with Crippen molar-refractivity contribution >= 4 is 17.3 Å². The molecule has 0 bridgehead atoms. The van der Waals surface area contributed by atoms with Crippen molar-refractivity contribution in [3.63, 3.8) is 0 Å². The SMILES string of the molecule is COc1ccccc1C(=O)Nc1ccc(N2CC[N]CC2)c(F)c1. The van der Waals surface area contributed by atoms with E-state index in [-0.39, 0.29) is 11.7 Å². The standard InChI is InChI=1S/C18H19FN3O2/c1-24-17-5-3-2-4-14(17)18(23)21-13-6-7-16(15(19)12-13)22-10-8-20-9-11-22/h2-7,12H,8-11H2,1H3,(H,21,23). The number of piperazine rings is 1. The molecule has 125 valence electrons. The van der Waals surface area contributed by atoms with Crippen LogP contribution in [0.2, 0.25) is 0 Å². The molecule has 5 nitrogen and oxygen atoms in total. The first-order valence-corrected chi connectivity index (χ1v) is 7.81. The minimum Gasteiger partial charge on any atom is -0.496 e. The summed E-state index contributed by atoms with van der Waals surface area (Å²) in [5, 5.41) is 6.96. The van der Waals surface area contributed by atoms with E-state index < -0.39 is 0 Å². The van der Waals surface area contributed by atoms with Crippen molar-refractivity contribution in [2.45, 2.75) is 0 Å². The summed E-state index contributed by atoms with van der Waals surface area (Å²) in [6.07, 6.45) is 0. The van der Waals surface area contributed by atoms with Gasteiger partial charge >= 0.3 is 0 Å². The minimum atomic E-state index is -0.352. The summed E-state index contributed by atoms with van der Waals surface area (Å²) in [5.41, 5.74) is 1.36. The van der Waals surface area contributed by atoms with Gasteiger partial charge in [0, 0.05) is 31.9 Å². The zero-order valence-electron chi connectivity index (χ0n) is 13.5. The van der Waals surface area contributed by atoms with Gasteiger partial charge in [-0.3, -0.25) is 4.79 Å². The molecule has 0 aromatic heterocycles. The summed E-state index contributed by atoms with van der Waals surface area (Å²) in [6, 6.07) is 11.7. The summed E-state index contributed by atoms with van der Waals surface area (Å²) in [4.78, 5) is 14.3. The Labute approximate surface area is 140 Å². The fraction of sp³-hybridized carbons (Fsp3) is 0.278. The predicted octanol–water partition coefficient (Wildman–Crippen LogP) is 2.51. The van der Waals surface area contributed by atoms with Crippen molar-refractivity contribution in [3.8, 4) is 5.75 Å². The van der Waals surface area contributed by atoms with Crippen LogP contribution in [0.5, 0.6) is 5.75 Å². The van der Waals surface area contributed by atoms with Crippen LogP contribution < -0.4 is 20.3 Å². The van der Waals surface area contributed by atoms with Gasteiger partial charge in [0.25, 0.3) is 5.91 Å². The largest absolute Gasteiger partial charge is 0.496 e. The molecule has 1 amide bonds. The average Bonchev–Trinajstić information content (AvgIpc) is 2.62. The van der Waals surface area contributed by atoms with E-state index in [0.717, 1.165) is 0 Å². The number of hydrogen-bond donors (Lipinski definition) is 1. The van der Waals surface area contributed by atoms with Crippen molar-refractivity contribution < 1.29 is 13.9 Å². The van der Waals surface area contributed by atoms with E-state index in [4.69, 9.17) is 4.74 Å². The maximum Gasteiger partial charge on any atom is 0.259 e. The number of benzene rings is 2. The molecular weight excluding hydrogens is 309 g/mol. The van der Waals surface area contributed by atoms with Crippen LogP contribution in [0.25, 0.3) is 0 Å². The van der Waals surface area contributed by atoms with Crippen LogP contribution in [-0.2, 0) is 0 Å². The van der Waals surface area contributed by atoms with Crippen LogP contribution in [0.3, 0.4) is 0 Å². The number of ether oxygens (including phenoxy) is 1. The van der Waals surface area contributed by atoms with E-state index in [1.165, 1.54) is 13.2 Å². The molecule has 2 aromatic rings. The third-order valence-electron chi connectivity index (χ3n) is 3.95. The molecule has 1 radical (unpaired) electrons. The fourth-order valence-corrected chi connectivity index (χ4v) is 2.72. The van der Waals surface area contributed by atoms with E-state index in [0.29, 0.717) is 48.9 Å². The highest BCUT2D eigenvalue weighted by Crippen LogP contribution is 2.25. The number of nitrogens with zero attached hydrogens (tertiary/aromatic N) is 2. The Balaban J connectivity index is 1.76. The molecule has 1 aliphatic rings. The molecule has 3 rings (SSSR count). The zero-order chi connectivity index (χ0) is 16.9. The molecule has 0 spiro atoms. The van der Waals surface area contributed by atoms with Crippen LogP contribution in [0, 0.1) is 5.82 Å². The number of carbonyl (C=O) groups is 1. The molecule has 0 unspecified atom stereocenters. The smallest absolute Gasteiger partial charge is 0.259 e. The van der Waals surface area contributed by atoms with Crippen LogP contribution in [0.1, 0.15) is 10.4 Å². The highest BCUT2D eigenvalue weighted by atomic mass is 19.1. The number of nitrogens with one attached hydrogen (secondary N) is 1. The summed E-state index contributed by atoms with van der Waals surface area (Å²) in [6.45, 7) is 2.85. The number of rotatable bonds is 4. The third kappa shape index (κ3) is 3.49. The Bertz CT molecular complexity index is 730. The quantitative estimate of drug-likeness (QED) is 0.938. The van der Waals surface area contributed by atoms with Gasteiger partial charge in [-0.25, -0.2) is 9.71 Å². The van der Waals surface area contributed by atoms with Crippen LogP contribution >= 0.6 is 0 Å². The maximum atomic E-state index is 14.4. The Morgan fingerprint density at radius 2 is 1.96 bits per heavy atom. The lowest BCUT2D eigenvalue weighted by molar-refractivity contribution is 0.102. The predicted molar refractivity (Wildman–Crippen MR) is 91.4 cm³/mol. The highest BCUT2D eigenvalue weighted by molar-refractivity contribution is 6.06. The molecule has 2 aromatic carbocycles. The number of amides is 1. The van der Waals surface area contributed by atoms with Crippen molar-refractivity contribution in [2.24, 2.45) is 0 Å². The number of methoxy groups -OCH3 is 1. The van der Waals surface area contributed by atoms with Crippen molar-refractivity contribution in [1.29, 1.82) is 0 Å². The fourth-order valence-electron chi connectivity index (χ4n) is 2.72. The van der Waals surface area contributed by atoms with E-state index >= 15 is 0 Å². The molecule has 6 heteroatoms. The summed E-state index contributed by atoms with van der Waals surface area (Å²) >= 11 is 0. The number of anilines is 2. The Morgan fingerprint density at radius 1 is 1.21 bits per heavy atom. The maximum absolute atomic E-state index is 14.4. The van der Waals surface area contributed by atoms with Gasteiger partial charge in [0.1, 0.15) is 11.6 Å². The van der Waals surface area contributed by atoms with Gasteiger partial charge < -0.3 is 15.0 Å². The second kappa shape index (κ2) is 7.31. The lowest BCUT2D eigenvalue weighted by Crippen LogP contribution is -2.40. The monoisotopic (exact) mass is 328 g/mol. The lowest BCUT2D eigenvalue weighted by Gasteiger charge is -2.29. The van der Waals surface area contributed by atoms with Crippen LogP contribution in [-0.4, -0.2) is 39.2 Å². The second-order valence-corrected chi connectivity index (χ2v) is 5.48. The van der Waals surface area contributed by atoms with Crippen LogP contribution in [0.15, 0.2) is 42.5 Å². The highest BCUT2D eigenvalue weighted by Gasteiger charge is 2.17. The van der Waals surface area contributed by atoms with Gasteiger partial charge in [-0.05, 0) is 30.3 Å². The number of halogens is 1. The first-order chi connectivity index (χ1) is 11.7. The van der Waals surface area contributed by atoms with Crippen molar-refractivity contribution in [3.05, 3.63) is 53.8 Å². The van der Waals surface area contributed by atoms with Gasteiger partial charge in [0.2, 0.25) is 0 Å². The van der Waals surface area contributed by atoms with E-state index in [1.54, 1.807) is 36.4 Å². The Morgan fingerprint density at radius 3 is 2.67 bits per heavy atom.